The predicted octanol–water partition coefficient (Wildman–Crippen LogP) is 3.32. The summed E-state index contributed by atoms with van der Waals surface area (Å²) in [5.74, 6) is 0.802. The zero-order chi connectivity index (χ0) is 10.7. The molecule has 0 amide bonds. The van der Waals surface area contributed by atoms with Crippen LogP contribution in [0.4, 0.5) is 0 Å². The Morgan fingerprint density at radius 2 is 2.20 bits per heavy atom. The minimum atomic E-state index is 0.720. The molecule has 0 radical (unpaired) electrons. The highest BCUT2D eigenvalue weighted by Gasteiger charge is 2.06. The van der Waals surface area contributed by atoms with Gasteiger partial charge in [-0.3, -0.25) is 0 Å². The third kappa shape index (κ3) is 2.22. The molecular weight excluding hydrogens is 210 g/mol. The smallest absolute Gasteiger partial charge is 0.135 e. The molecule has 2 nitrogen and oxygen atoms in total. The number of rotatable bonds is 3. The topological polar surface area (TPSA) is 25.2 Å². The van der Waals surface area contributed by atoms with E-state index < -0.39 is 0 Å². The molecule has 0 spiro atoms. The lowest BCUT2D eigenvalue weighted by Gasteiger charge is -2.04. The first-order valence-electron chi connectivity index (χ1n) is 4.78. The summed E-state index contributed by atoms with van der Waals surface area (Å²) < 4.78 is 5.30. The molecule has 0 unspecified atom stereocenters. The van der Waals surface area contributed by atoms with Gasteiger partial charge in [-0.25, -0.2) is 0 Å². The Bertz CT molecular complexity index is 437. The summed E-state index contributed by atoms with van der Waals surface area (Å²) in [6, 6.07) is 9.73. The van der Waals surface area contributed by atoms with Gasteiger partial charge in [-0.1, -0.05) is 17.7 Å². The Balaban J connectivity index is 2.35. The van der Waals surface area contributed by atoms with Crippen LogP contribution in [0.3, 0.4) is 0 Å². The molecule has 0 saturated heterocycles. The summed E-state index contributed by atoms with van der Waals surface area (Å²) in [7, 11) is 1.91. The SMILES string of the molecule is CNCc1ccc(-c2ccco2)c(Cl)c1. The van der Waals surface area contributed by atoms with Crippen molar-refractivity contribution >= 4 is 11.6 Å². The van der Waals surface area contributed by atoms with Crippen molar-refractivity contribution < 1.29 is 4.42 Å². The van der Waals surface area contributed by atoms with E-state index in [0.717, 1.165) is 28.5 Å². The number of furan rings is 1. The molecule has 0 fully saturated rings. The van der Waals surface area contributed by atoms with Crippen LogP contribution in [0.5, 0.6) is 0 Å². The fourth-order valence-corrected chi connectivity index (χ4v) is 1.80. The molecule has 78 valence electrons. The Kier molecular flexibility index (Phi) is 3.09. The third-order valence-electron chi connectivity index (χ3n) is 2.20. The maximum Gasteiger partial charge on any atom is 0.135 e. The van der Waals surface area contributed by atoms with Crippen LogP contribution in [0.25, 0.3) is 11.3 Å². The van der Waals surface area contributed by atoms with Crippen molar-refractivity contribution in [2.24, 2.45) is 0 Å². The number of benzene rings is 1. The fourth-order valence-electron chi connectivity index (χ4n) is 1.50. The van der Waals surface area contributed by atoms with Gasteiger partial charge in [0.2, 0.25) is 0 Å². The Labute approximate surface area is 93.9 Å². The first-order chi connectivity index (χ1) is 7.31. The molecule has 2 aromatic rings. The van der Waals surface area contributed by atoms with Crippen LogP contribution in [0.1, 0.15) is 5.56 Å². The van der Waals surface area contributed by atoms with Crippen LogP contribution in [0.15, 0.2) is 41.0 Å². The predicted molar refractivity (Wildman–Crippen MR) is 61.9 cm³/mol. The quantitative estimate of drug-likeness (QED) is 0.860. The number of halogens is 1. The Morgan fingerprint density at radius 3 is 2.80 bits per heavy atom. The number of hydrogen-bond acceptors (Lipinski definition) is 2. The summed E-state index contributed by atoms with van der Waals surface area (Å²) in [4.78, 5) is 0. The summed E-state index contributed by atoms with van der Waals surface area (Å²) in [5.41, 5.74) is 2.10. The monoisotopic (exact) mass is 221 g/mol. The maximum atomic E-state index is 6.17. The minimum Gasteiger partial charge on any atom is -0.464 e. The Morgan fingerprint density at radius 1 is 1.33 bits per heavy atom. The molecule has 0 atom stereocenters. The van der Waals surface area contributed by atoms with Crippen LogP contribution in [-0.2, 0) is 6.54 Å². The molecule has 0 aliphatic carbocycles. The molecule has 2 rings (SSSR count). The van der Waals surface area contributed by atoms with E-state index in [1.807, 2.05) is 37.4 Å². The normalized spacial score (nSPS) is 10.5. The first-order valence-corrected chi connectivity index (χ1v) is 5.16. The van der Waals surface area contributed by atoms with Crippen LogP contribution in [0.2, 0.25) is 5.02 Å². The van der Waals surface area contributed by atoms with Crippen LogP contribution in [-0.4, -0.2) is 7.05 Å². The van der Waals surface area contributed by atoms with Crippen molar-refractivity contribution in [3.8, 4) is 11.3 Å². The molecule has 0 saturated carbocycles. The van der Waals surface area contributed by atoms with Crippen LogP contribution in [0, 0.1) is 0 Å². The highest BCUT2D eigenvalue weighted by Crippen LogP contribution is 2.28. The molecule has 0 aliphatic heterocycles. The average molecular weight is 222 g/mol. The molecule has 3 heteroatoms. The zero-order valence-corrected chi connectivity index (χ0v) is 9.21. The van der Waals surface area contributed by atoms with Crippen LogP contribution >= 0.6 is 11.6 Å². The van der Waals surface area contributed by atoms with Gasteiger partial charge in [-0.15, -0.1) is 0 Å². The van der Waals surface area contributed by atoms with E-state index in [1.165, 1.54) is 0 Å². The van der Waals surface area contributed by atoms with Gasteiger partial charge in [-0.2, -0.15) is 0 Å². The minimum absolute atomic E-state index is 0.720. The second-order valence-electron chi connectivity index (χ2n) is 3.32. The molecule has 1 aromatic carbocycles. The van der Waals surface area contributed by atoms with E-state index in [0.29, 0.717) is 0 Å². The average Bonchev–Trinajstić information content (AvgIpc) is 2.71. The highest BCUT2D eigenvalue weighted by atomic mass is 35.5. The lowest BCUT2D eigenvalue weighted by Crippen LogP contribution is -2.04. The van der Waals surface area contributed by atoms with E-state index in [1.54, 1.807) is 6.26 Å². The molecule has 0 bridgehead atoms. The van der Waals surface area contributed by atoms with E-state index in [2.05, 4.69) is 5.32 Å². The summed E-state index contributed by atoms with van der Waals surface area (Å²) >= 11 is 6.17. The first kappa shape index (κ1) is 10.3. The largest absolute Gasteiger partial charge is 0.464 e. The standard InChI is InChI=1S/C12H12ClNO/c1-14-8-9-4-5-10(11(13)7-9)12-3-2-6-15-12/h2-7,14H,8H2,1H3. The van der Waals surface area contributed by atoms with E-state index in [9.17, 15) is 0 Å². The van der Waals surface area contributed by atoms with E-state index in [-0.39, 0.29) is 0 Å². The fraction of sp³-hybridized carbons (Fsp3) is 0.167. The van der Waals surface area contributed by atoms with Crippen molar-refractivity contribution in [3.05, 3.63) is 47.2 Å². The van der Waals surface area contributed by atoms with E-state index in [4.69, 9.17) is 16.0 Å². The van der Waals surface area contributed by atoms with Gasteiger partial charge in [0.15, 0.2) is 0 Å². The van der Waals surface area contributed by atoms with Crippen molar-refractivity contribution in [1.82, 2.24) is 5.32 Å². The molecular formula is C12H12ClNO. The van der Waals surface area contributed by atoms with Crippen molar-refractivity contribution in [1.29, 1.82) is 0 Å². The van der Waals surface area contributed by atoms with Gasteiger partial charge in [0.05, 0.1) is 11.3 Å². The lowest BCUT2D eigenvalue weighted by molar-refractivity contribution is 0.582. The summed E-state index contributed by atoms with van der Waals surface area (Å²) in [5, 5.41) is 3.80. The second kappa shape index (κ2) is 4.51. The maximum absolute atomic E-state index is 6.17. The number of hydrogen-bond donors (Lipinski definition) is 1. The molecule has 1 heterocycles. The van der Waals surface area contributed by atoms with Crippen molar-refractivity contribution in [2.75, 3.05) is 7.05 Å². The summed E-state index contributed by atoms with van der Waals surface area (Å²) in [6.45, 7) is 0.818. The molecule has 15 heavy (non-hydrogen) atoms. The number of nitrogens with one attached hydrogen (secondary N) is 1. The molecule has 1 N–H and O–H groups in total. The molecule has 1 aromatic heterocycles. The van der Waals surface area contributed by atoms with Gasteiger partial charge >= 0.3 is 0 Å². The van der Waals surface area contributed by atoms with Gasteiger partial charge in [0.25, 0.3) is 0 Å². The van der Waals surface area contributed by atoms with Gasteiger partial charge in [-0.05, 0) is 36.9 Å². The Hall–Kier alpha value is -1.25. The third-order valence-corrected chi connectivity index (χ3v) is 2.51. The van der Waals surface area contributed by atoms with Crippen molar-refractivity contribution in [2.45, 2.75) is 6.54 Å². The van der Waals surface area contributed by atoms with Gasteiger partial charge in [0.1, 0.15) is 5.76 Å². The highest BCUT2D eigenvalue weighted by molar-refractivity contribution is 6.33. The van der Waals surface area contributed by atoms with Gasteiger partial charge < -0.3 is 9.73 Å². The summed E-state index contributed by atoms with van der Waals surface area (Å²) in [6.07, 6.45) is 1.65. The lowest BCUT2D eigenvalue weighted by atomic mass is 10.1. The van der Waals surface area contributed by atoms with Crippen molar-refractivity contribution in [3.63, 3.8) is 0 Å². The van der Waals surface area contributed by atoms with Gasteiger partial charge in [0, 0.05) is 12.1 Å². The molecule has 0 aliphatic rings. The second-order valence-corrected chi connectivity index (χ2v) is 3.73. The zero-order valence-electron chi connectivity index (χ0n) is 8.46. The van der Waals surface area contributed by atoms with E-state index >= 15 is 0 Å². The van der Waals surface area contributed by atoms with Crippen LogP contribution < -0.4 is 5.32 Å².